The van der Waals surface area contributed by atoms with Crippen molar-refractivity contribution in [1.82, 2.24) is 5.32 Å². The molecule has 0 unspecified atom stereocenters. The molecular formula is C25H24N2O4. The lowest BCUT2D eigenvalue weighted by Crippen LogP contribution is -2.54. The number of nitrogens with zero attached hydrogens (tertiary/aromatic N) is 1. The van der Waals surface area contributed by atoms with Gasteiger partial charge in [-0.05, 0) is 72.9 Å². The van der Waals surface area contributed by atoms with Crippen LogP contribution in [0.1, 0.15) is 22.3 Å². The fourth-order valence-electron chi connectivity index (χ4n) is 3.22. The number of anilines is 1. The van der Waals surface area contributed by atoms with Gasteiger partial charge in [-0.25, -0.2) is 9.69 Å². The fraction of sp³-hybridized carbons (Fsp3) is 0.160. The summed E-state index contributed by atoms with van der Waals surface area (Å²) in [6.07, 6.45) is 5.42. The molecule has 31 heavy (non-hydrogen) atoms. The van der Waals surface area contributed by atoms with Gasteiger partial charge >= 0.3 is 6.03 Å². The van der Waals surface area contributed by atoms with E-state index in [9.17, 15) is 14.4 Å². The van der Waals surface area contributed by atoms with Gasteiger partial charge in [-0.2, -0.15) is 0 Å². The van der Waals surface area contributed by atoms with Crippen LogP contribution in [0.15, 0.2) is 67.3 Å². The van der Waals surface area contributed by atoms with Gasteiger partial charge in [0.05, 0.1) is 5.69 Å². The number of barbiturate groups is 1. The van der Waals surface area contributed by atoms with Gasteiger partial charge in [0.25, 0.3) is 11.8 Å². The number of allylic oxidation sites excluding steroid dienone is 1. The average Bonchev–Trinajstić information content (AvgIpc) is 2.73. The molecule has 3 rings (SSSR count). The number of benzene rings is 2. The molecule has 6 nitrogen and oxygen atoms in total. The molecule has 0 bridgehead atoms. The average molecular weight is 416 g/mol. The third-order valence-electron chi connectivity index (χ3n) is 4.97. The highest BCUT2D eigenvalue weighted by Crippen LogP contribution is 2.26. The maximum absolute atomic E-state index is 13.1. The number of imide groups is 2. The van der Waals surface area contributed by atoms with Crippen molar-refractivity contribution >= 4 is 29.6 Å². The number of ether oxygens (including phenoxy) is 1. The zero-order chi connectivity index (χ0) is 22.5. The molecule has 0 spiro atoms. The van der Waals surface area contributed by atoms with Crippen molar-refractivity contribution < 1.29 is 19.1 Å². The van der Waals surface area contributed by atoms with Crippen molar-refractivity contribution in [3.63, 3.8) is 0 Å². The van der Waals surface area contributed by atoms with Crippen LogP contribution in [-0.2, 0) is 16.0 Å². The van der Waals surface area contributed by atoms with E-state index in [-0.39, 0.29) is 5.57 Å². The minimum atomic E-state index is -0.768. The second-order valence-corrected chi connectivity index (χ2v) is 7.19. The lowest BCUT2D eigenvalue weighted by Gasteiger charge is -2.27. The molecule has 2 aromatic carbocycles. The van der Waals surface area contributed by atoms with E-state index in [1.54, 1.807) is 36.4 Å². The monoisotopic (exact) mass is 416 g/mol. The van der Waals surface area contributed by atoms with Gasteiger partial charge < -0.3 is 4.74 Å². The molecule has 0 atom stereocenters. The summed E-state index contributed by atoms with van der Waals surface area (Å²) in [6.45, 7) is 11.6. The topological polar surface area (TPSA) is 75.7 Å². The SMILES string of the molecule is C=CCOc1ccc(/C=C2\C(=O)NC(=O)N(c3ccc(C)c(C)c3)C2=O)cc1CC=C. The van der Waals surface area contributed by atoms with E-state index in [2.05, 4.69) is 18.5 Å². The van der Waals surface area contributed by atoms with E-state index in [0.717, 1.165) is 21.6 Å². The number of hydrogen-bond acceptors (Lipinski definition) is 4. The fourth-order valence-corrected chi connectivity index (χ4v) is 3.22. The van der Waals surface area contributed by atoms with Crippen molar-refractivity contribution in [1.29, 1.82) is 0 Å². The molecule has 2 aromatic rings. The molecule has 4 amide bonds. The van der Waals surface area contributed by atoms with E-state index in [0.29, 0.717) is 30.0 Å². The summed E-state index contributed by atoms with van der Waals surface area (Å²) in [7, 11) is 0. The number of amides is 4. The molecule has 6 heteroatoms. The minimum Gasteiger partial charge on any atom is -0.489 e. The van der Waals surface area contributed by atoms with E-state index in [4.69, 9.17) is 4.74 Å². The molecule has 158 valence electrons. The zero-order valence-electron chi connectivity index (χ0n) is 17.6. The smallest absolute Gasteiger partial charge is 0.335 e. The van der Waals surface area contributed by atoms with Gasteiger partial charge in [0.2, 0.25) is 0 Å². The second-order valence-electron chi connectivity index (χ2n) is 7.19. The Labute approximate surface area is 181 Å². The zero-order valence-corrected chi connectivity index (χ0v) is 17.6. The highest BCUT2D eigenvalue weighted by Gasteiger charge is 2.36. The number of hydrogen-bond donors (Lipinski definition) is 1. The van der Waals surface area contributed by atoms with Gasteiger partial charge in [-0.3, -0.25) is 14.9 Å². The maximum Gasteiger partial charge on any atom is 0.335 e. The lowest BCUT2D eigenvalue weighted by atomic mass is 10.0. The summed E-state index contributed by atoms with van der Waals surface area (Å²) in [4.78, 5) is 38.9. The first-order chi connectivity index (χ1) is 14.8. The van der Waals surface area contributed by atoms with Crippen LogP contribution in [0.5, 0.6) is 5.75 Å². The van der Waals surface area contributed by atoms with Crippen LogP contribution in [0.2, 0.25) is 0 Å². The van der Waals surface area contributed by atoms with E-state index in [1.807, 2.05) is 26.0 Å². The molecule has 1 saturated heterocycles. The van der Waals surface area contributed by atoms with Crippen molar-refractivity contribution in [3.05, 3.63) is 89.5 Å². The van der Waals surface area contributed by atoms with Crippen LogP contribution in [-0.4, -0.2) is 24.5 Å². The predicted octanol–water partition coefficient (Wildman–Crippen LogP) is 4.26. The summed E-state index contributed by atoms with van der Waals surface area (Å²) >= 11 is 0. The van der Waals surface area contributed by atoms with Crippen LogP contribution >= 0.6 is 0 Å². The quantitative estimate of drug-likeness (QED) is 0.416. The van der Waals surface area contributed by atoms with Crippen LogP contribution in [0, 0.1) is 13.8 Å². The van der Waals surface area contributed by atoms with E-state index < -0.39 is 17.8 Å². The summed E-state index contributed by atoms with van der Waals surface area (Å²) < 4.78 is 5.65. The molecule has 0 radical (unpaired) electrons. The Morgan fingerprint density at radius 3 is 2.45 bits per heavy atom. The first-order valence-electron chi connectivity index (χ1n) is 9.82. The van der Waals surface area contributed by atoms with Crippen LogP contribution in [0.25, 0.3) is 6.08 Å². The molecule has 0 aromatic heterocycles. The Morgan fingerprint density at radius 2 is 1.77 bits per heavy atom. The third-order valence-corrected chi connectivity index (χ3v) is 4.97. The van der Waals surface area contributed by atoms with Gasteiger partial charge in [0.1, 0.15) is 17.9 Å². The summed E-state index contributed by atoms with van der Waals surface area (Å²) in [5.41, 5.74) is 3.75. The maximum atomic E-state index is 13.1. The Bertz CT molecular complexity index is 1110. The van der Waals surface area contributed by atoms with Gasteiger partial charge in [-0.1, -0.05) is 30.9 Å². The Kier molecular flexibility index (Phi) is 6.50. The van der Waals surface area contributed by atoms with Crippen LogP contribution in [0.4, 0.5) is 10.5 Å². The van der Waals surface area contributed by atoms with Crippen molar-refractivity contribution in [2.45, 2.75) is 20.3 Å². The number of urea groups is 1. The Balaban J connectivity index is 1.99. The molecule has 1 aliphatic heterocycles. The number of carbonyl (C=O) groups is 3. The molecule has 1 N–H and O–H groups in total. The Morgan fingerprint density at radius 1 is 1.00 bits per heavy atom. The summed E-state index contributed by atoms with van der Waals surface area (Å²) in [5, 5.41) is 2.25. The molecule has 1 aliphatic rings. The largest absolute Gasteiger partial charge is 0.489 e. The van der Waals surface area contributed by atoms with Crippen LogP contribution in [0.3, 0.4) is 0 Å². The molecule has 1 heterocycles. The predicted molar refractivity (Wildman–Crippen MR) is 121 cm³/mol. The normalized spacial score (nSPS) is 15.1. The first kappa shape index (κ1) is 21.8. The van der Waals surface area contributed by atoms with Crippen molar-refractivity contribution in [3.8, 4) is 5.75 Å². The lowest BCUT2D eigenvalue weighted by molar-refractivity contribution is -0.122. The number of nitrogens with one attached hydrogen (secondary N) is 1. The summed E-state index contributed by atoms with van der Waals surface area (Å²) in [5.74, 6) is -0.727. The molecule has 0 aliphatic carbocycles. The molecular weight excluding hydrogens is 392 g/mol. The van der Waals surface area contributed by atoms with Crippen molar-refractivity contribution in [2.75, 3.05) is 11.5 Å². The number of aryl methyl sites for hydroxylation is 2. The van der Waals surface area contributed by atoms with Crippen molar-refractivity contribution in [2.24, 2.45) is 0 Å². The minimum absolute atomic E-state index is 0.123. The highest BCUT2D eigenvalue weighted by atomic mass is 16.5. The second kappa shape index (κ2) is 9.26. The molecule has 1 fully saturated rings. The summed E-state index contributed by atoms with van der Waals surface area (Å²) in [6, 6.07) is 9.83. The number of carbonyl (C=O) groups excluding carboxylic acids is 3. The van der Waals surface area contributed by atoms with E-state index in [1.165, 1.54) is 6.08 Å². The standard InChI is InChI=1S/C25H24N2O4/c1-5-7-19-14-18(9-11-22(19)31-12-6-2)15-21-23(28)26-25(30)27(24(21)29)20-10-8-16(3)17(4)13-20/h5-6,8-11,13-15H,1-2,7,12H2,3-4H3,(H,26,28,30)/b21-15+. The number of rotatable bonds is 7. The van der Waals surface area contributed by atoms with Crippen LogP contribution < -0.4 is 15.0 Å². The third kappa shape index (κ3) is 4.64. The molecule has 0 saturated carbocycles. The van der Waals surface area contributed by atoms with Gasteiger partial charge in [-0.15, -0.1) is 6.58 Å². The van der Waals surface area contributed by atoms with Gasteiger partial charge in [0, 0.05) is 0 Å². The van der Waals surface area contributed by atoms with Gasteiger partial charge in [0.15, 0.2) is 0 Å². The Hall–Kier alpha value is -3.93. The van der Waals surface area contributed by atoms with E-state index >= 15 is 0 Å². The first-order valence-corrected chi connectivity index (χ1v) is 9.82. The highest BCUT2D eigenvalue weighted by molar-refractivity contribution is 6.39.